The van der Waals surface area contributed by atoms with E-state index < -0.39 is 5.97 Å². The first-order chi connectivity index (χ1) is 9.60. The van der Waals surface area contributed by atoms with Crippen LogP contribution in [0.25, 0.3) is 0 Å². The first-order valence-electron chi connectivity index (χ1n) is 6.97. The molecule has 1 amide bonds. The van der Waals surface area contributed by atoms with Crippen LogP contribution in [0.5, 0.6) is 0 Å². The lowest BCUT2D eigenvalue weighted by molar-refractivity contribution is -0.140. The van der Waals surface area contributed by atoms with Gasteiger partial charge in [-0.05, 0) is 29.9 Å². The van der Waals surface area contributed by atoms with Gasteiger partial charge in [0.05, 0.1) is 6.42 Å². The molecule has 1 aliphatic carbocycles. The van der Waals surface area contributed by atoms with Crippen LogP contribution in [-0.4, -0.2) is 22.0 Å². The molecule has 1 saturated carbocycles. The molecule has 108 valence electrons. The molecular weight excluding hydrogens is 256 g/mol. The maximum Gasteiger partial charge on any atom is 0.303 e. The van der Waals surface area contributed by atoms with Gasteiger partial charge in [0, 0.05) is 25.4 Å². The van der Waals surface area contributed by atoms with Gasteiger partial charge in [-0.15, -0.1) is 0 Å². The highest BCUT2D eigenvalue weighted by Crippen LogP contribution is 2.43. The van der Waals surface area contributed by atoms with Crippen molar-refractivity contribution in [2.45, 2.75) is 45.1 Å². The number of hydrogen-bond acceptors (Lipinski definition) is 3. The molecule has 2 N–H and O–H groups in total. The lowest BCUT2D eigenvalue weighted by Gasteiger charge is -2.26. The summed E-state index contributed by atoms with van der Waals surface area (Å²) in [6, 6.07) is 3.72. The van der Waals surface area contributed by atoms with Gasteiger partial charge in [-0.3, -0.25) is 14.6 Å². The Morgan fingerprint density at radius 2 is 2.05 bits per heavy atom. The van der Waals surface area contributed by atoms with E-state index in [0.717, 1.165) is 31.2 Å². The summed E-state index contributed by atoms with van der Waals surface area (Å²) in [5.74, 6) is -0.885. The Labute approximate surface area is 118 Å². The maximum atomic E-state index is 12.0. The number of aliphatic carboxylic acids is 1. The van der Waals surface area contributed by atoms with Crippen molar-refractivity contribution in [3.63, 3.8) is 0 Å². The van der Waals surface area contributed by atoms with E-state index in [9.17, 15) is 9.59 Å². The normalized spacial score (nSPS) is 16.8. The average molecular weight is 276 g/mol. The number of nitrogens with one attached hydrogen (secondary N) is 1. The molecule has 0 unspecified atom stereocenters. The Bertz CT molecular complexity index is 467. The average Bonchev–Trinajstić information content (AvgIpc) is 2.85. The number of carbonyl (C=O) groups excluding carboxylic acids is 1. The van der Waals surface area contributed by atoms with Crippen molar-refractivity contribution in [2.75, 3.05) is 0 Å². The number of carbonyl (C=O) groups is 2. The summed E-state index contributed by atoms with van der Waals surface area (Å²) in [5.41, 5.74) is 0.602. The quantitative estimate of drug-likeness (QED) is 0.834. The molecule has 1 aromatic rings. The number of amides is 1. The molecule has 0 radical (unpaired) electrons. The second kappa shape index (κ2) is 6.50. The Balaban J connectivity index is 1.87. The minimum Gasteiger partial charge on any atom is -0.481 e. The maximum absolute atomic E-state index is 12.0. The van der Waals surface area contributed by atoms with Crippen LogP contribution in [0.3, 0.4) is 0 Å². The Morgan fingerprint density at radius 1 is 1.30 bits per heavy atom. The lowest BCUT2D eigenvalue weighted by Crippen LogP contribution is -2.31. The third-order valence-electron chi connectivity index (χ3n) is 3.94. The molecule has 5 heteroatoms. The monoisotopic (exact) mass is 276 g/mol. The minimum absolute atomic E-state index is 0.0722. The molecule has 0 bridgehead atoms. The molecule has 1 aromatic heterocycles. The summed E-state index contributed by atoms with van der Waals surface area (Å²) in [6.07, 6.45) is 7.49. The van der Waals surface area contributed by atoms with Gasteiger partial charge in [0.15, 0.2) is 0 Å². The standard InChI is InChI=1S/C15H20N2O3/c18-13(17-11-12-4-3-7-16-10-12)8-15(9-14(19)20)5-1-2-6-15/h3-4,7,10H,1-2,5-6,8-9,11H2,(H,17,18)(H,19,20). The third-order valence-corrected chi connectivity index (χ3v) is 3.94. The van der Waals surface area contributed by atoms with Crippen molar-refractivity contribution < 1.29 is 14.7 Å². The summed E-state index contributed by atoms with van der Waals surface area (Å²) in [7, 11) is 0. The van der Waals surface area contributed by atoms with Crippen molar-refractivity contribution in [1.29, 1.82) is 0 Å². The number of aromatic nitrogens is 1. The second-order valence-corrected chi connectivity index (χ2v) is 5.59. The number of carboxylic acid groups (broad SMARTS) is 1. The molecule has 1 aliphatic rings. The predicted octanol–water partition coefficient (Wildman–Crippen LogP) is 2.12. The van der Waals surface area contributed by atoms with Crippen LogP contribution in [0.1, 0.15) is 44.1 Å². The molecule has 0 atom stereocenters. The fourth-order valence-electron chi connectivity index (χ4n) is 2.97. The number of hydrogen-bond donors (Lipinski definition) is 2. The van der Waals surface area contributed by atoms with Crippen LogP contribution in [-0.2, 0) is 16.1 Å². The lowest BCUT2D eigenvalue weighted by atomic mass is 9.79. The molecule has 20 heavy (non-hydrogen) atoms. The second-order valence-electron chi connectivity index (χ2n) is 5.59. The summed E-state index contributed by atoms with van der Waals surface area (Å²) < 4.78 is 0. The van der Waals surface area contributed by atoms with Gasteiger partial charge in [0.25, 0.3) is 0 Å². The van der Waals surface area contributed by atoms with Gasteiger partial charge in [0.2, 0.25) is 5.91 Å². The van der Waals surface area contributed by atoms with Gasteiger partial charge >= 0.3 is 5.97 Å². The highest BCUT2D eigenvalue weighted by atomic mass is 16.4. The number of carboxylic acids is 1. The van der Waals surface area contributed by atoms with Crippen LogP contribution in [0.4, 0.5) is 0 Å². The highest BCUT2D eigenvalue weighted by Gasteiger charge is 2.37. The zero-order valence-corrected chi connectivity index (χ0v) is 11.5. The van der Waals surface area contributed by atoms with Crippen LogP contribution >= 0.6 is 0 Å². The van der Waals surface area contributed by atoms with Gasteiger partial charge in [-0.1, -0.05) is 18.9 Å². The summed E-state index contributed by atoms with van der Waals surface area (Å²) in [4.78, 5) is 27.0. The third kappa shape index (κ3) is 4.05. The van der Waals surface area contributed by atoms with E-state index >= 15 is 0 Å². The van der Waals surface area contributed by atoms with Crippen LogP contribution in [0.2, 0.25) is 0 Å². The molecule has 1 fully saturated rings. The predicted molar refractivity (Wildman–Crippen MR) is 73.9 cm³/mol. The van der Waals surface area contributed by atoms with Gasteiger partial charge in [-0.25, -0.2) is 0 Å². The van der Waals surface area contributed by atoms with Crippen molar-refractivity contribution in [1.82, 2.24) is 10.3 Å². The first-order valence-corrected chi connectivity index (χ1v) is 6.97. The molecule has 1 heterocycles. The molecule has 0 spiro atoms. The smallest absolute Gasteiger partial charge is 0.303 e. The largest absolute Gasteiger partial charge is 0.481 e. The van der Waals surface area contributed by atoms with Crippen LogP contribution in [0, 0.1) is 5.41 Å². The van der Waals surface area contributed by atoms with E-state index in [1.54, 1.807) is 12.4 Å². The van der Waals surface area contributed by atoms with Crippen molar-refractivity contribution in [2.24, 2.45) is 5.41 Å². The fourth-order valence-corrected chi connectivity index (χ4v) is 2.97. The topological polar surface area (TPSA) is 79.3 Å². The summed E-state index contributed by atoms with van der Waals surface area (Å²) in [5, 5.41) is 11.9. The highest BCUT2D eigenvalue weighted by molar-refractivity contribution is 5.78. The Kier molecular flexibility index (Phi) is 4.71. The van der Waals surface area contributed by atoms with E-state index in [2.05, 4.69) is 10.3 Å². The number of pyridine rings is 1. The van der Waals surface area contributed by atoms with E-state index in [0.29, 0.717) is 13.0 Å². The van der Waals surface area contributed by atoms with E-state index in [4.69, 9.17) is 5.11 Å². The SMILES string of the molecule is O=C(O)CC1(CC(=O)NCc2cccnc2)CCCC1. The van der Waals surface area contributed by atoms with E-state index in [-0.39, 0.29) is 17.7 Å². The van der Waals surface area contributed by atoms with Gasteiger partial charge in [-0.2, -0.15) is 0 Å². The molecule has 0 aliphatic heterocycles. The fraction of sp³-hybridized carbons (Fsp3) is 0.533. The van der Waals surface area contributed by atoms with Crippen molar-refractivity contribution in [3.05, 3.63) is 30.1 Å². The van der Waals surface area contributed by atoms with Gasteiger partial charge < -0.3 is 10.4 Å². The first kappa shape index (κ1) is 14.5. The Hall–Kier alpha value is -1.91. The summed E-state index contributed by atoms with van der Waals surface area (Å²) >= 11 is 0. The molecular formula is C15H20N2O3. The summed E-state index contributed by atoms with van der Waals surface area (Å²) in [6.45, 7) is 0.440. The van der Waals surface area contributed by atoms with Crippen LogP contribution < -0.4 is 5.32 Å². The molecule has 2 rings (SSSR count). The number of nitrogens with zero attached hydrogens (tertiary/aromatic N) is 1. The van der Waals surface area contributed by atoms with E-state index in [1.807, 2.05) is 12.1 Å². The minimum atomic E-state index is -0.813. The van der Waals surface area contributed by atoms with E-state index in [1.165, 1.54) is 0 Å². The zero-order valence-electron chi connectivity index (χ0n) is 11.5. The molecule has 0 saturated heterocycles. The van der Waals surface area contributed by atoms with Gasteiger partial charge in [0.1, 0.15) is 0 Å². The Morgan fingerprint density at radius 3 is 2.65 bits per heavy atom. The molecule has 0 aromatic carbocycles. The van der Waals surface area contributed by atoms with Crippen LogP contribution in [0.15, 0.2) is 24.5 Å². The van der Waals surface area contributed by atoms with Crippen molar-refractivity contribution in [3.8, 4) is 0 Å². The van der Waals surface area contributed by atoms with Crippen molar-refractivity contribution >= 4 is 11.9 Å². The molecule has 5 nitrogen and oxygen atoms in total. The zero-order chi connectivity index (χ0) is 14.4. The number of rotatable bonds is 6.